The molecule has 2 amide bonds. The molecule has 29 heavy (non-hydrogen) atoms. The first-order valence-electron chi connectivity index (χ1n) is 8.21. The van der Waals surface area contributed by atoms with Crippen molar-refractivity contribution >= 4 is 88.7 Å². The zero-order valence-corrected chi connectivity index (χ0v) is 20.3. The van der Waals surface area contributed by atoms with Crippen LogP contribution < -0.4 is 15.0 Å². The molecule has 1 fully saturated rings. The first kappa shape index (κ1) is 21.9. The van der Waals surface area contributed by atoms with E-state index in [4.69, 9.17) is 17.0 Å². The highest BCUT2D eigenvalue weighted by atomic mass is 79.9. The number of hydrogen-bond acceptors (Lipinski definition) is 4. The van der Waals surface area contributed by atoms with E-state index in [0.717, 1.165) is 4.47 Å². The number of rotatable bonds is 5. The number of nitrogens with zero attached hydrogens (tertiary/aromatic N) is 1. The third-order valence-corrected chi connectivity index (χ3v) is 5.80. The van der Waals surface area contributed by atoms with Gasteiger partial charge in [0.25, 0.3) is 11.8 Å². The van der Waals surface area contributed by atoms with Crippen LogP contribution in [0.1, 0.15) is 5.56 Å². The lowest BCUT2D eigenvalue weighted by Gasteiger charge is -2.29. The van der Waals surface area contributed by atoms with E-state index in [-0.39, 0.29) is 10.7 Å². The lowest BCUT2D eigenvalue weighted by molar-refractivity contribution is -0.122. The van der Waals surface area contributed by atoms with Gasteiger partial charge in [0.05, 0.1) is 14.6 Å². The van der Waals surface area contributed by atoms with Crippen molar-refractivity contribution in [2.75, 3.05) is 11.5 Å². The number of hydrogen-bond donors (Lipinski definition) is 1. The second-order valence-corrected chi connectivity index (χ2v) is 8.86. The summed E-state index contributed by atoms with van der Waals surface area (Å²) in [5, 5.41) is 2.60. The summed E-state index contributed by atoms with van der Waals surface area (Å²) in [7, 11) is 0. The molecule has 148 valence electrons. The van der Waals surface area contributed by atoms with Crippen LogP contribution in [0, 0.1) is 0 Å². The van der Waals surface area contributed by atoms with Crippen LogP contribution >= 0.6 is 60.0 Å². The molecule has 2 aromatic carbocycles. The molecule has 0 aliphatic carbocycles. The molecule has 0 saturated carbocycles. The summed E-state index contributed by atoms with van der Waals surface area (Å²) in [6, 6.07) is 10.6. The van der Waals surface area contributed by atoms with Crippen molar-refractivity contribution in [1.29, 1.82) is 0 Å². The molecule has 0 radical (unpaired) electrons. The lowest BCUT2D eigenvalue weighted by Crippen LogP contribution is -2.54. The predicted molar refractivity (Wildman–Crippen MR) is 128 cm³/mol. The Morgan fingerprint density at radius 3 is 2.45 bits per heavy atom. The molecule has 0 bridgehead atoms. The number of nitrogens with one attached hydrogen (secondary N) is 1. The Morgan fingerprint density at radius 1 is 1.14 bits per heavy atom. The van der Waals surface area contributed by atoms with Gasteiger partial charge in [-0.05, 0) is 86.0 Å². The maximum absolute atomic E-state index is 13.1. The van der Waals surface area contributed by atoms with E-state index in [0.29, 0.717) is 32.6 Å². The second-order valence-electron chi connectivity index (χ2n) is 5.85. The van der Waals surface area contributed by atoms with Gasteiger partial charge in [0, 0.05) is 4.47 Å². The van der Waals surface area contributed by atoms with Crippen LogP contribution in [0.5, 0.6) is 5.75 Å². The summed E-state index contributed by atoms with van der Waals surface area (Å²) in [6.45, 7) is 3.97. The third kappa shape index (κ3) is 4.85. The molecule has 1 aliphatic heterocycles. The van der Waals surface area contributed by atoms with Gasteiger partial charge < -0.3 is 4.74 Å². The number of ether oxygens (including phenoxy) is 1. The van der Waals surface area contributed by atoms with E-state index in [1.54, 1.807) is 36.4 Å². The minimum atomic E-state index is -0.550. The maximum atomic E-state index is 13.1. The molecule has 0 aromatic heterocycles. The first-order valence-corrected chi connectivity index (χ1v) is 11.0. The standard InChI is InChI=1S/C20H13Br3N2O3S/c1-2-6-28-17-15(22)8-11(9-16(17)23)7-14-18(26)24-20(29)25(19(14)27)13-5-3-4-12(21)10-13/h2-5,7-10H,1,6H2,(H,24,26,29)/b14-7-. The summed E-state index contributed by atoms with van der Waals surface area (Å²) in [6.07, 6.45) is 3.15. The van der Waals surface area contributed by atoms with Gasteiger partial charge in [-0.3, -0.25) is 19.8 Å². The molecule has 1 saturated heterocycles. The lowest BCUT2D eigenvalue weighted by atomic mass is 10.1. The summed E-state index contributed by atoms with van der Waals surface area (Å²) in [4.78, 5) is 26.8. The van der Waals surface area contributed by atoms with Gasteiger partial charge in [0.2, 0.25) is 0 Å². The van der Waals surface area contributed by atoms with Crippen LogP contribution in [-0.2, 0) is 9.59 Å². The molecule has 0 atom stereocenters. The Hall–Kier alpha value is -1.81. The largest absolute Gasteiger partial charge is 0.487 e. The minimum absolute atomic E-state index is 0.0304. The van der Waals surface area contributed by atoms with Crippen LogP contribution in [0.3, 0.4) is 0 Å². The average Bonchev–Trinajstić information content (AvgIpc) is 2.64. The molecule has 3 rings (SSSR count). The second kappa shape index (κ2) is 9.34. The van der Waals surface area contributed by atoms with E-state index in [2.05, 4.69) is 59.7 Å². The smallest absolute Gasteiger partial charge is 0.270 e. The highest BCUT2D eigenvalue weighted by Gasteiger charge is 2.34. The van der Waals surface area contributed by atoms with Gasteiger partial charge >= 0.3 is 0 Å². The van der Waals surface area contributed by atoms with Crippen LogP contribution in [0.2, 0.25) is 0 Å². The maximum Gasteiger partial charge on any atom is 0.270 e. The van der Waals surface area contributed by atoms with E-state index < -0.39 is 11.8 Å². The SMILES string of the molecule is C=CCOc1c(Br)cc(/C=C2/C(=O)NC(=S)N(c3cccc(Br)c3)C2=O)cc1Br. The van der Waals surface area contributed by atoms with Gasteiger partial charge in [0.15, 0.2) is 5.11 Å². The van der Waals surface area contributed by atoms with E-state index in [1.165, 1.54) is 11.0 Å². The Balaban J connectivity index is 1.99. The zero-order chi connectivity index (χ0) is 21.1. The molecule has 1 aliphatic rings. The fourth-order valence-corrected chi connectivity index (χ4v) is 4.74. The van der Waals surface area contributed by atoms with Crippen LogP contribution in [0.25, 0.3) is 6.08 Å². The monoisotopic (exact) mass is 598 g/mol. The fourth-order valence-electron chi connectivity index (χ4n) is 2.62. The highest BCUT2D eigenvalue weighted by molar-refractivity contribution is 9.11. The Morgan fingerprint density at radius 2 is 1.83 bits per heavy atom. The topological polar surface area (TPSA) is 58.6 Å². The zero-order valence-electron chi connectivity index (χ0n) is 14.7. The van der Waals surface area contributed by atoms with Crippen molar-refractivity contribution < 1.29 is 14.3 Å². The molecule has 0 unspecified atom stereocenters. The minimum Gasteiger partial charge on any atom is -0.487 e. The van der Waals surface area contributed by atoms with Gasteiger partial charge in [-0.15, -0.1) is 0 Å². The summed E-state index contributed by atoms with van der Waals surface area (Å²) in [5.41, 5.74) is 1.16. The summed E-state index contributed by atoms with van der Waals surface area (Å²) in [5.74, 6) is -0.454. The van der Waals surface area contributed by atoms with Gasteiger partial charge in [-0.25, -0.2) is 0 Å². The van der Waals surface area contributed by atoms with Crippen LogP contribution in [0.15, 0.2) is 68.0 Å². The van der Waals surface area contributed by atoms with Crippen LogP contribution in [-0.4, -0.2) is 23.5 Å². The first-order chi connectivity index (χ1) is 13.8. The number of carbonyl (C=O) groups excluding carboxylic acids is 2. The Bertz CT molecular complexity index is 1050. The highest BCUT2D eigenvalue weighted by Crippen LogP contribution is 2.36. The van der Waals surface area contributed by atoms with E-state index in [1.807, 2.05) is 6.07 Å². The Labute approximate surface area is 198 Å². The van der Waals surface area contributed by atoms with Crippen molar-refractivity contribution in [2.45, 2.75) is 0 Å². The quantitative estimate of drug-likeness (QED) is 0.217. The number of halogens is 3. The number of benzene rings is 2. The van der Waals surface area contributed by atoms with Gasteiger partial charge in [-0.2, -0.15) is 0 Å². The number of amides is 2. The number of thiocarbonyl (C=S) groups is 1. The predicted octanol–water partition coefficient (Wildman–Crippen LogP) is 5.37. The van der Waals surface area contributed by atoms with Crippen LogP contribution in [0.4, 0.5) is 5.69 Å². The molecule has 9 heteroatoms. The van der Waals surface area contributed by atoms with Crippen molar-refractivity contribution in [1.82, 2.24) is 5.32 Å². The van der Waals surface area contributed by atoms with Crippen molar-refractivity contribution in [2.24, 2.45) is 0 Å². The number of anilines is 1. The third-order valence-electron chi connectivity index (χ3n) is 3.85. The Kier molecular flexibility index (Phi) is 7.05. The molecular formula is C20H13Br3N2O3S. The van der Waals surface area contributed by atoms with Gasteiger partial charge in [-0.1, -0.05) is 34.7 Å². The molecular weight excluding hydrogens is 588 g/mol. The van der Waals surface area contributed by atoms with E-state index in [9.17, 15) is 9.59 Å². The molecule has 5 nitrogen and oxygen atoms in total. The summed E-state index contributed by atoms with van der Waals surface area (Å²) < 4.78 is 7.72. The normalized spacial score (nSPS) is 15.5. The fraction of sp³-hybridized carbons (Fsp3) is 0.0500. The molecule has 1 heterocycles. The van der Waals surface area contributed by atoms with Crippen molar-refractivity contribution in [3.63, 3.8) is 0 Å². The molecule has 1 N–H and O–H groups in total. The van der Waals surface area contributed by atoms with Crippen molar-refractivity contribution in [3.8, 4) is 5.75 Å². The van der Waals surface area contributed by atoms with Crippen molar-refractivity contribution in [3.05, 3.63) is 73.6 Å². The van der Waals surface area contributed by atoms with E-state index >= 15 is 0 Å². The molecule has 0 spiro atoms. The number of carbonyl (C=O) groups is 2. The molecule has 2 aromatic rings. The average molecular weight is 601 g/mol. The summed E-state index contributed by atoms with van der Waals surface area (Å²) >= 11 is 15.5. The van der Waals surface area contributed by atoms with Gasteiger partial charge in [0.1, 0.15) is 17.9 Å².